The van der Waals surface area contributed by atoms with E-state index in [1.54, 1.807) is 0 Å². The molecule has 1 aliphatic heterocycles. The van der Waals surface area contributed by atoms with Crippen molar-refractivity contribution in [2.24, 2.45) is 0 Å². The number of ether oxygens (including phenoxy) is 1. The molecule has 1 heterocycles. The molecule has 1 rings (SSSR count). The van der Waals surface area contributed by atoms with Gasteiger partial charge in [-0.2, -0.15) is 0 Å². The maximum absolute atomic E-state index is 8.82. The number of morpholine rings is 1. The Balaban J connectivity index is 2.44. The molecule has 0 aromatic carbocycles. The van der Waals surface area contributed by atoms with Crippen LogP contribution in [0.25, 0.3) is 0 Å². The monoisotopic (exact) mass is 147 g/mol. The van der Waals surface area contributed by atoms with Crippen LogP contribution in [0.4, 0.5) is 0 Å². The molecule has 60 valence electrons. The molecular formula is C6H13NO3. The molecule has 1 aliphatic rings. The van der Waals surface area contributed by atoms with Crippen LogP contribution in [0.2, 0.25) is 0 Å². The Morgan fingerprint density at radius 1 is 1.40 bits per heavy atom. The van der Waals surface area contributed by atoms with Crippen molar-refractivity contribution in [2.75, 3.05) is 32.9 Å². The van der Waals surface area contributed by atoms with Crippen LogP contribution in [0.5, 0.6) is 0 Å². The summed E-state index contributed by atoms with van der Waals surface area (Å²) in [6, 6.07) is 0. The Bertz CT molecular complexity index is 95.2. The first-order valence-electron chi connectivity index (χ1n) is 3.39. The van der Waals surface area contributed by atoms with Crippen LogP contribution >= 0.6 is 0 Å². The zero-order valence-corrected chi connectivity index (χ0v) is 5.84. The van der Waals surface area contributed by atoms with E-state index < -0.39 is 5.60 Å². The summed E-state index contributed by atoms with van der Waals surface area (Å²) in [5.41, 5.74) is -0.738. The van der Waals surface area contributed by atoms with Crippen LogP contribution in [0.3, 0.4) is 0 Å². The Hall–Kier alpha value is -0.160. The predicted molar refractivity (Wildman–Crippen MR) is 35.7 cm³/mol. The quantitative estimate of drug-likeness (QED) is 0.437. The lowest BCUT2D eigenvalue weighted by Crippen LogP contribution is -2.54. The van der Waals surface area contributed by atoms with E-state index in [-0.39, 0.29) is 13.2 Å². The van der Waals surface area contributed by atoms with E-state index >= 15 is 0 Å². The number of hydrogen-bond donors (Lipinski definition) is 3. The maximum Gasteiger partial charge on any atom is 0.126 e. The summed E-state index contributed by atoms with van der Waals surface area (Å²) in [4.78, 5) is 0. The van der Waals surface area contributed by atoms with Crippen LogP contribution in [0.1, 0.15) is 0 Å². The van der Waals surface area contributed by atoms with E-state index in [9.17, 15) is 0 Å². The lowest BCUT2D eigenvalue weighted by Gasteiger charge is -2.34. The minimum Gasteiger partial charge on any atom is -0.393 e. The van der Waals surface area contributed by atoms with E-state index in [1.165, 1.54) is 0 Å². The van der Waals surface area contributed by atoms with Crippen LogP contribution in [-0.4, -0.2) is 48.7 Å². The molecular weight excluding hydrogens is 134 g/mol. The third-order valence-corrected chi connectivity index (χ3v) is 1.71. The van der Waals surface area contributed by atoms with Crippen LogP contribution in [-0.2, 0) is 4.74 Å². The lowest BCUT2D eigenvalue weighted by molar-refractivity contribution is -0.122. The normalized spacial score (nSPS) is 24.6. The van der Waals surface area contributed by atoms with E-state index in [0.717, 1.165) is 6.54 Å². The molecule has 3 N–H and O–H groups in total. The van der Waals surface area contributed by atoms with Gasteiger partial charge in [-0.1, -0.05) is 0 Å². The van der Waals surface area contributed by atoms with Gasteiger partial charge in [0.25, 0.3) is 0 Å². The summed E-state index contributed by atoms with van der Waals surface area (Å²) < 4.78 is 5.20. The minimum atomic E-state index is -0.738. The molecule has 0 spiro atoms. The van der Waals surface area contributed by atoms with Crippen molar-refractivity contribution < 1.29 is 14.9 Å². The fourth-order valence-electron chi connectivity index (χ4n) is 0.960. The van der Waals surface area contributed by atoms with Crippen molar-refractivity contribution >= 4 is 0 Å². The Labute approximate surface area is 59.8 Å². The molecule has 1 saturated heterocycles. The highest BCUT2D eigenvalue weighted by molar-refractivity contribution is 4.84. The molecule has 0 radical (unpaired) electrons. The molecule has 0 bridgehead atoms. The molecule has 4 nitrogen and oxygen atoms in total. The van der Waals surface area contributed by atoms with Crippen molar-refractivity contribution in [2.45, 2.75) is 5.60 Å². The first-order valence-corrected chi connectivity index (χ1v) is 3.39. The highest BCUT2D eigenvalue weighted by Crippen LogP contribution is 2.10. The third-order valence-electron chi connectivity index (χ3n) is 1.71. The smallest absolute Gasteiger partial charge is 0.126 e. The van der Waals surface area contributed by atoms with Gasteiger partial charge in [-0.05, 0) is 0 Å². The summed E-state index contributed by atoms with van der Waals surface area (Å²) in [7, 11) is 0. The maximum atomic E-state index is 8.82. The highest BCUT2D eigenvalue weighted by Gasteiger charge is 2.31. The van der Waals surface area contributed by atoms with E-state index in [2.05, 4.69) is 5.32 Å². The highest BCUT2D eigenvalue weighted by atomic mass is 16.5. The second-order valence-electron chi connectivity index (χ2n) is 2.52. The number of rotatable bonds is 2. The number of aliphatic hydroxyl groups is 2. The summed E-state index contributed by atoms with van der Waals surface area (Å²) in [6.45, 7) is 1.62. The topological polar surface area (TPSA) is 61.7 Å². The molecule has 1 fully saturated rings. The summed E-state index contributed by atoms with van der Waals surface area (Å²) >= 11 is 0. The average Bonchev–Trinajstić information content (AvgIpc) is 2.06. The van der Waals surface area contributed by atoms with Crippen LogP contribution in [0, 0.1) is 0 Å². The van der Waals surface area contributed by atoms with Gasteiger partial charge >= 0.3 is 0 Å². The van der Waals surface area contributed by atoms with E-state index in [1.807, 2.05) is 0 Å². The van der Waals surface area contributed by atoms with Crippen molar-refractivity contribution in [1.29, 1.82) is 0 Å². The van der Waals surface area contributed by atoms with Gasteiger partial charge in [-0.25, -0.2) is 0 Å². The molecule has 0 aliphatic carbocycles. The molecule has 0 atom stereocenters. The Morgan fingerprint density at radius 2 is 2.10 bits per heavy atom. The molecule has 4 heteroatoms. The summed E-state index contributed by atoms with van der Waals surface area (Å²) in [5, 5.41) is 20.7. The van der Waals surface area contributed by atoms with E-state index in [0.29, 0.717) is 13.2 Å². The van der Waals surface area contributed by atoms with Crippen molar-refractivity contribution in [3.63, 3.8) is 0 Å². The van der Waals surface area contributed by atoms with Gasteiger partial charge in [0.15, 0.2) is 0 Å². The zero-order valence-electron chi connectivity index (χ0n) is 5.84. The molecule has 0 unspecified atom stereocenters. The minimum absolute atomic E-state index is 0.128. The standard InChI is InChI=1S/C6H13NO3/c8-4-6(5-9)3-7-1-2-10-6/h7-9H,1-5H2. The number of nitrogens with one attached hydrogen (secondary N) is 1. The number of hydrogen-bond acceptors (Lipinski definition) is 4. The lowest BCUT2D eigenvalue weighted by atomic mass is 10.1. The van der Waals surface area contributed by atoms with Crippen molar-refractivity contribution in [3.05, 3.63) is 0 Å². The molecule has 0 amide bonds. The summed E-state index contributed by atoms with van der Waals surface area (Å²) in [5.74, 6) is 0. The van der Waals surface area contributed by atoms with Crippen molar-refractivity contribution in [1.82, 2.24) is 5.32 Å². The fraction of sp³-hybridized carbons (Fsp3) is 1.00. The third kappa shape index (κ3) is 1.46. The molecule has 0 saturated carbocycles. The van der Waals surface area contributed by atoms with Gasteiger partial charge in [0, 0.05) is 13.1 Å². The van der Waals surface area contributed by atoms with Crippen LogP contribution in [0.15, 0.2) is 0 Å². The average molecular weight is 147 g/mol. The van der Waals surface area contributed by atoms with Gasteiger partial charge in [0.05, 0.1) is 19.8 Å². The Morgan fingerprint density at radius 3 is 2.40 bits per heavy atom. The number of aliphatic hydroxyl groups excluding tert-OH is 2. The zero-order chi connectivity index (χ0) is 7.45. The van der Waals surface area contributed by atoms with Gasteiger partial charge in [0.1, 0.15) is 5.60 Å². The molecule has 0 aromatic rings. The largest absolute Gasteiger partial charge is 0.393 e. The second kappa shape index (κ2) is 3.30. The first kappa shape index (κ1) is 7.94. The van der Waals surface area contributed by atoms with Crippen LogP contribution < -0.4 is 5.32 Å². The van der Waals surface area contributed by atoms with Gasteiger partial charge < -0.3 is 20.3 Å². The SMILES string of the molecule is OCC1(CO)CNCCO1. The fourth-order valence-corrected chi connectivity index (χ4v) is 0.960. The predicted octanol–water partition coefficient (Wildman–Crippen LogP) is -1.67. The van der Waals surface area contributed by atoms with Gasteiger partial charge in [-0.15, -0.1) is 0 Å². The van der Waals surface area contributed by atoms with Crippen molar-refractivity contribution in [3.8, 4) is 0 Å². The molecule has 10 heavy (non-hydrogen) atoms. The van der Waals surface area contributed by atoms with Gasteiger partial charge in [-0.3, -0.25) is 0 Å². The summed E-state index contributed by atoms with van der Waals surface area (Å²) in [6.07, 6.45) is 0. The first-order chi connectivity index (χ1) is 4.83. The van der Waals surface area contributed by atoms with Gasteiger partial charge in [0.2, 0.25) is 0 Å². The molecule has 0 aromatic heterocycles. The van der Waals surface area contributed by atoms with E-state index in [4.69, 9.17) is 14.9 Å². The second-order valence-corrected chi connectivity index (χ2v) is 2.52. The Kier molecular flexibility index (Phi) is 2.62.